The summed E-state index contributed by atoms with van der Waals surface area (Å²) in [6, 6.07) is 4.97. The van der Waals surface area contributed by atoms with E-state index in [1.54, 1.807) is 13.0 Å². The summed E-state index contributed by atoms with van der Waals surface area (Å²) in [5.41, 5.74) is 1.52. The molecule has 0 amide bonds. The number of hydrogen-bond donors (Lipinski definition) is 0. The topological polar surface area (TPSA) is 0 Å². The Bertz CT molecular complexity index is 273. The predicted octanol–water partition coefficient (Wildman–Crippen LogP) is 1.48. The molecule has 3 heteroatoms. The molecule has 0 unspecified atom stereocenters. The molecular weight excluding hydrogens is 206 g/mol. The van der Waals surface area contributed by atoms with Crippen LogP contribution in [0.3, 0.4) is 0 Å². The van der Waals surface area contributed by atoms with E-state index >= 15 is 0 Å². The van der Waals surface area contributed by atoms with Gasteiger partial charge in [-0.05, 0) is 0 Å². The predicted molar refractivity (Wildman–Crippen MR) is 51.5 cm³/mol. The van der Waals surface area contributed by atoms with E-state index in [4.69, 9.17) is 0 Å². The van der Waals surface area contributed by atoms with Gasteiger partial charge in [-0.1, -0.05) is 0 Å². The van der Waals surface area contributed by atoms with E-state index in [-0.39, 0.29) is 5.82 Å². The Morgan fingerprint density at radius 3 is 2.73 bits per heavy atom. The van der Waals surface area contributed by atoms with Gasteiger partial charge in [-0.3, -0.25) is 0 Å². The molecule has 1 aromatic carbocycles. The summed E-state index contributed by atoms with van der Waals surface area (Å²) >= 11 is 3.21. The van der Waals surface area contributed by atoms with Crippen LogP contribution in [0.5, 0.6) is 0 Å². The first-order valence-electron chi connectivity index (χ1n) is 3.25. The van der Waals surface area contributed by atoms with Crippen LogP contribution in [0.25, 0.3) is 0 Å². The molecule has 0 aliphatic carbocycles. The first kappa shape index (κ1) is 8.66. The zero-order chi connectivity index (χ0) is 8.27. The van der Waals surface area contributed by atoms with Gasteiger partial charge in [0.05, 0.1) is 0 Å². The second-order valence-electron chi connectivity index (χ2n) is 2.15. The molecule has 0 aromatic heterocycles. The molecule has 0 fully saturated rings. The van der Waals surface area contributed by atoms with E-state index in [1.807, 2.05) is 6.07 Å². The SMILES string of the molecule is C=Bc1cccc(F)c1CBr. The van der Waals surface area contributed by atoms with Crippen molar-refractivity contribution < 1.29 is 4.39 Å². The molecule has 1 rings (SSSR count). The summed E-state index contributed by atoms with van der Waals surface area (Å²) in [6.07, 6.45) is 0. The van der Waals surface area contributed by atoms with Crippen LogP contribution in [0.1, 0.15) is 5.56 Å². The van der Waals surface area contributed by atoms with Crippen molar-refractivity contribution in [2.45, 2.75) is 5.33 Å². The first-order valence-corrected chi connectivity index (χ1v) is 4.37. The van der Waals surface area contributed by atoms with Crippen LogP contribution in [-0.2, 0) is 5.33 Å². The fraction of sp³-hybridized carbons (Fsp3) is 0.125. The van der Waals surface area contributed by atoms with Crippen molar-refractivity contribution in [1.29, 1.82) is 0 Å². The number of alkyl halides is 1. The van der Waals surface area contributed by atoms with Gasteiger partial charge in [0.15, 0.2) is 0 Å². The average molecular weight is 213 g/mol. The zero-order valence-corrected chi connectivity index (χ0v) is 7.57. The Morgan fingerprint density at radius 2 is 2.27 bits per heavy atom. The van der Waals surface area contributed by atoms with E-state index in [2.05, 4.69) is 22.4 Å². The number of halogens is 2. The molecule has 0 bridgehead atoms. The van der Waals surface area contributed by atoms with Crippen molar-refractivity contribution in [2.75, 3.05) is 0 Å². The van der Waals surface area contributed by atoms with Gasteiger partial charge in [-0.15, -0.1) is 0 Å². The average Bonchev–Trinajstić information content (AvgIpc) is 2.04. The number of benzene rings is 1. The van der Waals surface area contributed by atoms with Crippen LogP contribution in [0.4, 0.5) is 4.39 Å². The van der Waals surface area contributed by atoms with Crippen molar-refractivity contribution in [2.24, 2.45) is 0 Å². The van der Waals surface area contributed by atoms with Crippen LogP contribution in [0.2, 0.25) is 0 Å². The molecule has 0 atom stereocenters. The van der Waals surface area contributed by atoms with Gasteiger partial charge in [0, 0.05) is 0 Å². The third-order valence-electron chi connectivity index (χ3n) is 1.51. The van der Waals surface area contributed by atoms with Gasteiger partial charge in [0.1, 0.15) is 0 Å². The molecule has 56 valence electrons. The third-order valence-corrected chi connectivity index (χ3v) is 2.07. The molecule has 0 heterocycles. The molecule has 1 aromatic rings. The summed E-state index contributed by atoms with van der Waals surface area (Å²) in [4.78, 5) is 0. The van der Waals surface area contributed by atoms with Crippen LogP contribution in [-0.4, -0.2) is 13.4 Å². The summed E-state index contributed by atoms with van der Waals surface area (Å²) in [6.45, 7) is 5.25. The van der Waals surface area contributed by atoms with Crippen LogP contribution in [0, 0.1) is 5.82 Å². The van der Waals surface area contributed by atoms with E-state index in [0.29, 0.717) is 10.9 Å². The van der Waals surface area contributed by atoms with Crippen LogP contribution in [0.15, 0.2) is 18.2 Å². The molecule has 0 nitrogen and oxygen atoms in total. The molecule has 0 aliphatic rings. The third kappa shape index (κ3) is 1.77. The second kappa shape index (κ2) is 3.81. The van der Waals surface area contributed by atoms with Crippen LogP contribution < -0.4 is 5.46 Å². The Kier molecular flexibility index (Phi) is 3.00. The second-order valence-corrected chi connectivity index (χ2v) is 2.71. The standard InChI is InChI=1S/C8H7BBrF/c1-9-7-3-2-4-8(11)6(7)5-10/h2-4H,1,5H2. The summed E-state index contributed by atoms with van der Waals surface area (Å²) in [7, 11) is 0. The Hall–Kier alpha value is -0.435. The maximum atomic E-state index is 13.0. The summed E-state index contributed by atoms with van der Waals surface area (Å²) in [5, 5.41) is 0.529. The molecule has 0 aliphatic heterocycles. The van der Waals surface area contributed by atoms with E-state index < -0.39 is 0 Å². The number of hydrogen-bond acceptors (Lipinski definition) is 0. The summed E-state index contributed by atoms with van der Waals surface area (Å²) < 4.78 is 13.0. The van der Waals surface area contributed by atoms with Gasteiger partial charge in [-0.2, -0.15) is 0 Å². The van der Waals surface area contributed by atoms with Crippen molar-refractivity contribution >= 4 is 34.8 Å². The van der Waals surface area contributed by atoms with Crippen molar-refractivity contribution in [3.05, 3.63) is 29.6 Å². The van der Waals surface area contributed by atoms with Crippen molar-refractivity contribution in [1.82, 2.24) is 0 Å². The minimum atomic E-state index is -0.181. The summed E-state index contributed by atoms with van der Waals surface area (Å²) in [5.74, 6) is -0.181. The monoisotopic (exact) mass is 212 g/mol. The quantitative estimate of drug-likeness (QED) is 0.515. The molecule has 0 saturated heterocycles. The maximum absolute atomic E-state index is 13.0. The molecule has 11 heavy (non-hydrogen) atoms. The van der Waals surface area contributed by atoms with E-state index in [9.17, 15) is 4.39 Å². The van der Waals surface area contributed by atoms with Gasteiger partial charge < -0.3 is 0 Å². The van der Waals surface area contributed by atoms with Gasteiger partial charge in [0.25, 0.3) is 0 Å². The van der Waals surface area contributed by atoms with Crippen molar-refractivity contribution in [3.63, 3.8) is 0 Å². The Morgan fingerprint density at radius 1 is 1.55 bits per heavy atom. The Labute approximate surface area is 74.5 Å². The minimum absolute atomic E-state index is 0.181. The van der Waals surface area contributed by atoms with Gasteiger partial charge in [-0.25, -0.2) is 0 Å². The molecule has 0 spiro atoms. The normalized spacial score (nSPS) is 9.27. The molecule has 0 radical (unpaired) electrons. The fourth-order valence-corrected chi connectivity index (χ4v) is 1.50. The zero-order valence-electron chi connectivity index (χ0n) is 5.98. The van der Waals surface area contributed by atoms with E-state index in [1.165, 1.54) is 6.07 Å². The molecule has 0 saturated carbocycles. The molecular formula is C8H7BBrF. The molecule has 0 N–H and O–H groups in total. The Balaban J connectivity index is 3.23. The van der Waals surface area contributed by atoms with E-state index in [0.717, 1.165) is 5.46 Å². The van der Waals surface area contributed by atoms with Crippen molar-refractivity contribution in [3.8, 4) is 0 Å². The first-order chi connectivity index (χ1) is 5.29. The van der Waals surface area contributed by atoms with Gasteiger partial charge in [0.2, 0.25) is 0 Å². The number of rotatable bonds is 2. The fourth-order valence-electron chi connectivity index (χ4n) is 0.908. The van der Waals surface area contributed by atoms with Gasteiger partial charge >= 0.3 is 74.1 Å². The van der Waals surface area contributed by atoms with Crippen LogP contribution >= 0.6 is 15.9 Å².